The van der Waals surface area contributed by atoms with Crippen LogP contribution in [0.2, 0.25) is 0 Å². The third-order valence-corrected chi connectivity index (χ3v) is 6.44. The number of aromatic nitrogens is 4. The van der Waals surface area contributed by atoms with Crippen LogP contribution >= 0.6 is 39.5 Å². The average Bonchev–Trinajstić information content (AvgIpc) is 3.33. The van der Waals surface area contributed by atoms with Crippen molar-refractivity contribution in [1.29, 1.82) is 0 Å². The van der Waals surface area contributed by atoms with E-state index in [1.807, 2.05) is 39.0 Å². The van der Waals surface area contributed by atoms with Crippen molar-refractivity contribution in [2.75, 3.05) is 11.9 Å². The first kappa shape index (κ1) is 22.3. The number of ether oxygens (including phenoxy) is 1. The first-order valence-corrected chi connectivity index (χ1v) is 11.7. The Hall–Kier alpha value is -2.89. The van der Waals surface area contributed by atoms with Gasteiger partial charge in [-0.1, -0.05) is 23.5 Å². The van der Waals surface area contributed by atoms with E-state index in [4.69, 9.17) is 17.0 Å². The lowest BCUT2D eigenvalue weighted by Crippen LogP contribution is -2.34. The summed E-state index contributed by atoms with van der Waals surface area (Å²) < 4.78 is 7.91. The minimum atomic E-state index is -0.316. The topological polar surface area (TPSA) is 93.4 Å². The van der Waals surface area contributed by atoms with E-state index in [0.717, 1.165) is 32.6 Å². The molecule has 2 heterocycles. The third-order valence-electron chi connectivity index (χ3n) is 4.68. The number of amides is 1. The molecule has 0 aliphatic rings. The van der Waals surface area contributed by atoms with Crippen LogP contribution in [-0.4, -0.2) is 37.4 Å². The van der Waals surface area contributed by atoms with Crippen LogP contribution in [0.4, 0.5) is 5.69 Å². The quantitative estimate of drug-likeness (QED) is 0.359. The van der Waals surface area contributed by atoms with Crippen LogP contribution < -0.4 is 15.4 Å². The SMILES string of the molecule is CCOc1ccc(C(=O)NC(=S)Nc2cccc(-c3nn4c(C)nnc4s3)c2C)cc1Br. The van der Waals surface area contributed by atoms with Gasteiger partial charge in [-0.3, -0.25) is 10.1 Å². The van der Waals surface area contributed by atoms with Crippen LogP contribution in [0.1, 0.15) is 28.7 Å². The maximum absolute atomic E-state index is 12.6. The Bertz CT molecular complexity index is 1330. The van der Waals surface area contributed by atoms with Gasteiger partial charge < -0.3 is 10.1 Å². The monoisotopic (exact) mass is 530 g/mol. The summed E-state index contributed by atoms with van der Waals surface area (Å²) in [6.45, 7) is 6.28. The fraction of sp³-hybridized carbons (Fsp3) is 0.190. The summed E-state index contributed by atoms with van der Waals surface area (Å²) in [6.07, 6.45) is 0. The van der Waals surface area contributed by atoms with Crippen LogP contribution in [-0.2, 0) is 0 Å². The number of carbonyl (C=O) groups is 1. The Balaban J connectivity index is 1.49. The molecule has 0 saturated carbocycles. The van der Waals surface area contributed by atoms with Crippen LogP contribution in [0.3, 0.4) is 0 Å². The third kappa shape index (κ3) is 4.50. The number of nitrogens with one attached hydrogen (secondary N) is 2. The highest BCUT2D eigenvalue weighted by Crippen LogP contribution is 2.32. The van der Waals surface area contributed by atoms with Crippen molar-refractivity contribution in [3.63, 3.8) is 0 Å². The van der Waals surface area contributed by atoms with Gasteiger partial charge in [0.15, 0.2) is 10.9 Å². The Morgan fingerprint density at radius 3 is 2.78 bits per heavy atom. The standard InChI is InChI=1S/C21H19BrN6O2S2/c1-4-30-17-9-8-13(10-15(17)22)18(29)24-20(31)23-16-7-5-6-14(11(16)2)19-27-28-12(3)25-26-21(28)32-19/h5-10H,4H2,1-3H3,(H2,23,24,29,31). The molecule has 0 saturated heterocycles. The summed E-state index contributed by atoms with van der Waals surface area (Å²) in [6, 6.07) is 10.9. The summed E-state index contributed by atoms with van der Waals surface area (Å²) >= 11 is 10.3. The molecule has 4 rings (SSSR count). The second kappa shape index (κ2) is 9.31. The lowest BCUT2D eigenvalue weighted by Gasteiger charge is -2.14. The van der Waals surface area contributed by atoms with Gasteiger partial charge in [0.05, 0.1) is 11.1 Å². The average molecular weight is 531 g/mol. The van der Waals surface area contributed by atoms with E-state index in [0.29, 0.717) is 22.4 Å². The van der Waals surface area contributed by atoms with E-state index < -0.39 is 0 Å². The highest BCUT2D eigenvalue weighted by atomic mass is 79.9. The molecular weight excluding hydrogens is 512 g/mol. The number of nitrogens with zero attached hydrogens (tertiary/aromatic N) is 4. The normalized spacial score (nSPS) is 10.9. The summed E-state index contributed by atoms with van der Waals surface area (Å²) in [7, 11) is 0. The molecule has 2 N–H and O–H groups in total. The van der Waals surface area contributed by atoms with E-state index in [1.54, 1.807) is 22.7 Å². The number of thiocarbonyl (C=S) groups is 1. The maximum atomic E-state index is 12.6. The number of aryl methyl sites for hydroxylation is 1. The van der Waals surface area contributed by atoms with E-state index in [-0.39, 0.29) is 11.0 Å². The van der Waals surface area contributed by atoms with Crippen molar-refractivity contribution in [3.8, 4) is 16.3 Å². The number of fused-ring (bicyclic) bond motifs is 1. The Morgan fingerprint density at radius 2 is 2.06 bits per heavy atom. The predicted octanol–water partition coefficient (Wildman–Crippen LogP) is 4.76. The summed E-state index contributed by atoms with van der Waals surface area (Å²) in [5.74, 6) is 1.10. The van der Waals surface area contributed by atoms with Crippen LogP contribution in [0.5, 0.6) is 5.75 Å². The number of rotatable bonds is 5. The van der Waals surface area contributed by atoms with Crippen molar-refractivity contribution in [1.82, 2.24) is 25.1 Å². The Kier molecular flexibility index (Phi) is 6.49. The van der Waals surface area contributed by atoms with E-state index in [1.165, 1.54) is 11.3 Å². The second-order valence-corrected chi connectivity index (χ2v) is 9.03. The van der Waals surface area contributed by atoms with Crippen LogP contribution in [0.25, 0.3) is 15.5 Å². The lowest BCUT2D eigenvalue weighted by molar-refractivity contribution is 0.0977. The molecule has 11 heteroatoms. The van der Waals surface area contributed by atoms with Gasteiger partial charge >= 0.3 is 0 Å². The van der Waals surface area contributed by atoms with Gasteiger partial charge in [-0.25, -0.2) is 0 Å². The van der Waals surface area contributed by atoms with Gasteiger partial charge in [-0.15, -0.1) is 10.2 Å². The van der Waals surface area contributed by atoms with Gasteiger partial charge in [-0.05, 0) is 78.7 Å². The smallest absolute Gasteiger partial charge is 0.257 e. The number of carbonyl (C=O) groups excluding carboxylic acids is 1. The minimum absolute atomic E-state index is 0.203. The maximum Gasteiger partial charge on any atom is 0.257 e. The summed E-state index contributed by atoms with van der Waals surface area (Å²) in [5.41, 5.74) is 3.15. The van der Waals surface area contributed by atoms with Gasteiger partial charge in [0.1, 0.15) is 10.8 Å². The Labute approximate surface area is 202 Å². The van der Waals surface area contributed by atoms with E-state index in [9.17, 15) is 4.79 Å². The van der Waals surface area contributed by atoms with Crippen molar-refractivity contribution in [2.24, 2.45) is 0 Å². The van der Waals surface area contributed by atoms with E-state index >= 15 is 0 Å². The first-order valence-electron chi connectivity index (χ1n) is 9.71. The summed E-state index contributed by atoms with van der Waals surface area (Å²) in [5, 5.41) is 19.6. The zero-order valence-electron chi connectivity index (χ0n) is 17.5. The zero-order valence-corrected chi connectivity index (χ0v) is 20.7. The molecule has 0 bridgehead atoms. The molecule has 0 aliphatic carbocycles. The van der Waals surface area contributed by atoms with Crippen LogP contribution in [0.15, 0.2) is 40.9 Å². The number of hydrogen-bond acceptors (Lipinski definition) is 7. The van der Waals surface area contributed by atoms with Crippen molar-refractivity contribution in [3.05, 3.63) is 57.8 Å². The molecular formula is C21H19BrN6O2S2. The van der Waals surface area contributed by atoms with Gasteiger partial charge in [0.25, 0.3) is 5.91 Å². The van der Waals surface area contributed by atoms with E-state index in [2.05, 4.69) is 41.9 Å². The fourth-order valence-electron chi connectivity index (χ4n) is 3.07. The molecule has 0 atom stereocenters. The molecule has 2 aromatic carbocycles. The van der Waals surface area contributed by atoms with Gasteiger partial charge in [-0.2, -0.15) is 9.61 Å². The molecule has 0 aliphatic heterocycles. The van der Waals surface area contributed by atoms with Crippen LogP contribution in [0, 0.1) is 13.8 Å². The number of halogens is 1. The zero-order chi connectivity index (χ0) is 22.8. The molecule has 2 aromatic heterocycles. The molecule has 164 valence electrons. The highest BCUT2D eigenvalue weighted by Gasteiger charge is 2.15. The summed E-state index contributed by atoms with van der Waals surface area (Å²) in [4.78, 5) is 13.4. The minimum Gasteiger partial charge on any atom is -0.493 e. The molecule has 8 nitrogen and oxygen atoms in total. The molecule has 0 unspecified atom stereocenters. The molecule has 4 aromatic rings. The number of hydrogen-bond donors (Lipinski definition) is 2. The molecule has 0 radical (unpaired) electrons. The Morgan fingerprint density at radius 1 is 1.25 bits per heavy atom. The van der Waals surface area contributed by atoms with Crippen molar-refractivity contribution >= 4 is 61.2 Å². The van der Waals surface area contributed by atoms with Crippen molar-refractivity contribution < 1.29 is 9.53 Å². The second-order valence-electron chi connectivity index (χ2n) is 6.81. The molecule has 1 amide bonds. The lowest BCUT2D eigenvalue weighted by atomic mass is 10.1. The van der Waals surface area contributed by atoms with Crippen molar-refractivity contribution in [2.45, 2.75) is 20.8 Å². The largest absolute Gasteiger partial charge is 0.493 e. The highest BCUT2D eigenvalue weighted by molar-refractivity contribution is 9.10. The number of anilines is 1. The molecule has 32 heavy (non-hydrogen) atoms. The van der Waals surface area contributed by atoms with Gasteiger partial charge in [0.2, 0.25) is 4.96 Å². The molecule has 0 spiro atoms. The first-order chi connectivity index (χ1) is 15.4. The van der Waals surface area contributed by atoms with Gasteiger partial charge in [0, 0.05) is 16.8 Å². The predicted molar refractivity (Wildman–Crippen MR) is 133 cm³/mol. The molecule has 0 fully saturated rings. The fourth-order valence-corrected chi connectivity index (χ4v) is 4.73. The number of benzene rings is 2.